The van der Waals surface area contributed by atoms with Gasteiger partial charge in [0.25, 0.3) is 5.91 Å². The van der Waals surface area contributed by atoms with Crippen LogP contribution in [-0.4, -0.2) is 26.3 Å². The van der Waals surface area contributed by atoms with Crippen LogP contribution in [0.4, 0.5) is 0 Å². The standard InChI is InChI=1S/C33H25N3O3S/c1-20(22-10-12-24(13-11-22)33(38)39)35-32(37)27-18-26(23-6-3-2-4-7-23)19-30-31(27)29(36-40-30)17-21-9-14-28-25(16-21)8-5-15-34-28/h2-16,18-20H,17H2,1H3,(H,35,37)(H,38,39)/t20-/m0/s1. The number of nitrogens with one attached hydrogen (secondary N) is 1. The Balaban J connectivity index is 1.39. The van der Waals surface area contributed by atoms with E-state index in [1.54, 1.807) is 30.5 Å². The maximum atomic E-state index is 13.8. The Morgan fingerprint density at radius 1 is 0.900 bits per heavy atom. The Hall–Kier alpha value is -4.88. The SMILES string of the molecule is C[C@H](NC(=O)c1cc(-c2ccccc2)cc2snc(Cc3ccc4ncccc4c3)c12)c1ccc(C(=O)O)cc1. The lowest BCUT2D eigenvalue weighted by atomic mass is 9.96. The topological polar surface area (TPSA) is 92.2 Å². The van der Waals surface area contributed by atoms with Gasteiger partial charge >= 0.3 is 5.97 Å². The highest BCUT2D eigenvalue weighted by Crippen LogP contribution is 2.34. The minimum Gasteiger partial charge on any atom is -0.478 e. The lowest BCUT2D eigenvalue weighted by Gasteiger charge is -2.16. The second kappa shape index (κ2) is 10.7. The molecule has 2 aromatic heterocycles. The van der Waals surface area contributed by atoms with E-state index in [1.807, 2.05) is 61.5 Å². The number of hydrogen-bond acceptors (Lipinski definition) is 5. The van der Waals surface area contributed by atoms with Crippen molar-refractivity contribution >= 4 is 44.4 Å². The molecule has 4 aromatic carbocycles. The number of aromatic carboxylic acids is 1. The van der Waals surface area contributed by atoms with E-state index in [-0.39, 0.29) is 17.5 Å². The molecule has 6 aromatic rings. The van der Waals surface area contributed by atoms with E-state index >= 15 is 0 Å². The van der Waals surface area contributed by atoms with Crippen molar-refractivity contribution in [2.45, 2.75) is 19.4 Å². The molecular weight excluding hydrogens is 518 g/mol. The number of fused-ring (bicyclic) bond motifs is 2. The molecule has 7 heteroatoms. The minimum absolute atomic E-state index is 0.206. The van der Waals surface area contributed by atoms with Gasteiger partial charge in [0.05, 0.1) is 33.1 Å². The van der Waals surface area contributed by atoms with Gasteiger partial charge in [-0.15, -0.1) is 0 Å². The molecule has 0 fully saturated rings. The fourth-order valence-electron chi connectivity index (χ4n) is 4.93. The molecule has 6 rings (SSSR count). The van der Waals surface area contributed by atoms with Gasteiger partial charge in [0.2, 0.25) is 0 Å². The van der Waals surface area contributed by atoms with Crippen LogP contribution in [0.25, 0.3) is 32.1 Å². The second-order valence-electron chi connectivity index (χ2n) is 9.72. The fraction of sp³-hybridized carbons (Fsp3) is 0.0909. The Morgan fingerprint density at radius 2 is 1.70 bits per heavy atom. The first-order valence-corrected chi connectivity index (χ1v) is 13.7. The second-order valence-corrected chi connectivity index (χ2v) is 10.5. The van der Waals surface area contributed by atoms with Crippen molar-refractivity contribution in [3.63, 3.8) is 0 Å². The number of carbonyl (C=O) groups excluding carboxylic acids is 1. The first-order chi connectivity index (χ1) is 19.5. The number of pyridine rings is 1. The van der Waals surface area contributed by atoms with E-state index in [0.29, 0.717) is 12.0 Å². The molecule has 2 N–H and O–H groups in total. The highest BCUT2D eigenvalue weighted by Gasteiger charge is 2.21. The summed E-state index contributed by atoms with van der Waals surface area (Å²) in [6.45, 7) is 1.89. The van der Waals surface area contributed by atoms with E-state index in [4.69, 9.17) is 4.37 Å². The summed E-state index contributed by atoms with van der Waals surface area (Å²) in [6.07, 6.45) is 2.37. The number of hydrogen-bond donors (Lipinski definition) is 2. The lowest BCUT2D eigenvalue weighted by molar-refractivity contribution is 0.0696. The molecular formula is C33H25N3O3S. The molecule has 0 radical (unpaired) electrons. The van der Waals surface area contributed by atoms with Gasteiger partial charge in [-0.2, -0.15) is 4.37 Å². The van der Waals surface area contributed by atoms with E-state index in [0.717, 1.165) is 48.9 Å². The highest BCUT2D eigenvalue weighted by molar-refractivity contribution is 7.13. The van der Waals surface area contributed by atoms with Gasteiger partial charge in [0.15, 0.2) is 0 Å². The van der Waals surface area contributed by atoms with Crippen LogP contribution in [-0.2, 0) is 6.42 Å². The number of rotatable bonds is 7. The summed E-state index contributed by atoms with van der Waals surface area (Å²) < 4.78 is 5.75. The average molecular weight is 544 g/mol. The van der Waals surface area contributed by atoms with E-state index < -0.39 is 5.97 Å². The molecule has 0 spiro atoms. The van der Waals surface area contributed by atoms with Crippen molar-refractivity contribution in [3.8, 4) is 11.1 Å². The number of carboxylic acids is 1. The molecule has 196 valence electrons. The number of carbonyl (C=O) groups is 2. The first kappa shape index (κ1) is 25.4. The van der Waals surface area contributed by atoms with Crippen LogP contribution in [0.2, 0.25) is 0 Å². The highest BCUT2D eigenvalue weighted by atomic mass is 32.1. The summed E-state index contributed by atoms with van der Waals surface area (Å²) in [5.41, 5.74) is 6.45. The quantitative estimate of drug-likeness (QED) is 0.221. The Morgan fingerprint density at radius 3 is 2.48 bits per heavy atom. The van der Waals surface area contributed by atoms with E-state index in [2.05, 4.69) is 28.5 Å². The van der Waals surface area contributed by atoms with Crippen LogP contribution >= 0.6 is 11.5 Å². The number of benzene rings is 4. The third-order valence-corrected chi connectivity index (χ3v) is 7.87. The summed E-state index contributed by atoms with van der Waals surface area (Å²) in [4.78, 5) is 29.5. The zero-order valence-electron chi connectivity index (χ0n) is 21.7. The monoisotopic (exact) mass is 543 g/mol. The van der Waals surface area contributed by atoms with Crippen LogP contribution in [0.1, 0.15) is 50.5 Å². The normalized spacial score (nSPS) is 11.9. The van der Waals surface area contributed by atoms with Gasteiger partial charge in [-0.3, -0.25) is 9.78 Å². The molecule has 40 heavy (non-hydrogen) atoms. The summed E-state index contributed by atoms with van der Waals surface area (Å²) in [5, 5.41) is 14.2. The van der Waals surface area contributed by atoms with Crippen molar-refractivity contribution < 1.29 is 14.7 Å². The fourth-order valence-corrected chi connectivity index (χ4v) is 5.80. The summed E-state index contributed by atoms with van der Waals surface area (Å²) in [6, 6.07) is 30.4. The molecule has 0 saturated heterocycles. The van der Waals surface area contributed by atoms with Gasteiger partial charge in [-0.05, 0) is 83.2 Å². The summed E-state index contributed by atoms with van der Waals surface area (Å²) >= 11 is 1.40. The lowest BCUT2D eigenvalue weighted by Crippen LogP contribution is -2.27. The number of aromatic nitrogens is 2. The van der Waals surface area contributed by atoms with E-state index in [9.17, 15) is 14.7 Å². The van der Waals surface area contributed by atoms with Crippen molar-refractivity contribution in [1.29, 1.82) is 0 Å². The number of amides is 1. The average Bonchev–Trinajstić information content (AvgIpc) is 3.39. The predicted molar refractivity (Wildman–Crippen MR) is 159 cm³/mol. The molecule has 1 amide bonds. The number of carboxylic acid groups (broad SMARTS) is 1. The molecule has 2 heterocycles. The molecule has 0 aliphatic carbocycles. The van der Waals surface area contributed by atoms with Gasteiger partial charge in [0.1, 0.15) is 0 Å². The van der Waals surface area contributed by atoms with Gasteiger partial charge < -0.3 is 10.4 Å². The molecule has 0 aliphatic rings. The Kier molecular flexibility index (Phi) is 6.80. The smallest absolute Gasteiger partial charge is 0.335 e. The molecule has 0 aliphatic heterocycles. The van der Waals surface area contributed by atoms with Gasteiger partial charge in [-0.1, -0.05) is 54.6 Å². The van der Waals surface area contributed by atoms with E-state index in [1.165, 1.54) is 11.5 Å². The van der Waals surface area contributed by atoms with Crippen LogP contribution in [0.15, 0.2) is 103 Å². The zero-order chi connectivity index (χ0) is 27.6. The van der Waals surface area contributed by atoms with Crippen molar-refractivity contribution in [2.24, 2.45) is 0 Å². The molecule has 6 nitrogen and oxygen atoms in total. The number of nitrogens with zero attached hydrogens (tertiary/aromatic N) is 2. The first-order valence-electron chi connectivity index (χ1n) is 12.9. The molecule has 1 atom stereocenters. The Labute approximate surface area is 235 Å². The van der Waals surface area contributed by atoms with Crippen LogP contribution in [0.5, 0.6) is 0 Å². The molecule has 0 bridgehead atoms. The zero-order valence-corrected chi connectivity index (χ0v) is 22.5. The van der Waals surface area contributed by atoms with Crippen LogP contribution in [0, 0.1) is 0 Å². The minimum atomic E-state index is -0.983. The van der Waals surface area contributed by atoms with Gasteiger partial charge in [0, 0.05) is 23.4 Å². The third-order valence-electron chi connectivity index (χ3n) is 7.04. The van der Waals surface area contributed by atoms with Crippen molar-refractivity contribution in [2.75, 3.05) is 0 Å². The Bertz CT molecular complexity index is 1860. The van der Waals surface area contributed by atoms with Crippen molar-refractivity contribution in [3.05, 3.63) is 131 Å². The van der Waals surface area contributed by atoms with Crippen molar-refractivity contribution in [1.82, 2.24) is 14.7 Å². The summed E-state index contributed by atoms with van der Waals surface area (Å²) in [5.74, 6) is -1.19. The van der Waals surface area contributed by atoms with Gasteiger partial charge in [-0.25, -0.2) is 4.79 Å². The largest absolute Gasteiger partial charge is 0.478 e. The molecule has 0 saturated carbocycles. The summed E-state index contributed by atoms with van der Waals surface area (Å²) in [7, 11) is 0. The molecule has 0 unspecified atom stereocenters. The predicted octanol–water partition coefficient (Wildman–Crippen LogP) is 7.29. The third kappa shape index (κ3) is 5.07. The maximum absolute atomic E-state index is 13.8. The van der Waals surface area contributed by atoms with Crippen LogP contribution in [0.3, 0.4) is 0 Å². The van der Waals surface area contributed by atoms with Crippen LogP contribution < -0.4 is 5.32 Å². The maximum Gasteiger partial charge on any atom is 0.335 e.